The summed E-state index contributed by atoms with van der Waals surface area (Å²) in [6.07, 6.45) is 2.41. The van der Waals surface area contributed by atoms with Crippen molar-refractivity contribution >= 4 is 11.3 Å². The zero-order chi connectivity index (χ0) is 13.4. The fourth-order valence-electron chi connectivity index (χ4n) is 3.43. The Balaban J connectivity index is 1.88. The minimum atomic E-state index is 0.484. The molecule has 2 aromatic rings. The highest BCUT2D eigenvalue weighted by molar-refractivity contribution is 7.12. The Labute approximate surface area is 119 Å². The van der Waals surface area contributed by atoms with Gasteiger partial charge in [-0.2, -0.15) is 0 Å². The first-order chi connectivity index (χ1) is 9.19. The quantitative estimate of drug-likeness (QED) is 0.888. The van der Waals surface area contributed by atoms with Gasteiger partial charge in [-0.25, -0.2) is 0 Å². The smallest absolute Gasteiger partial charge is 0.0363 e. The van der Waals surface area contributed by atoms with Crippen molar-refractivity contribution in [3.05, 3.63) is 56.8 Å². The minimum absolute atomic E-state index is 0.484. The van der Waals surface area contributed by atoms with Crippen molar-refractivity contribution in [3.8, 4) is 0 Å². The Morgan fingerprint density at radius 1 is 1.16 bits per heavy atom. The van der Waals surface area contributed by atoms with Gasteiger partial charge in [0.15, 0.2) is 0 Å². The predicted molar refractivity (Wildman–Crippen MR) is 82.9 cm³/mol. The molecule has 0 radical (unpaired) electrons. The second-order valence-electron chi connectivity index (χ2n) is 5.57. The first kappa shape index (κ1) is 12.9. The minimum Gasteiger partial charge on any atom is -0.313 e. The summed E-state index contributed by atoms with van der Waals surface area (Å²) in [5, 5.41) is 3.56. The van der Waals surface area contributed by atoms with Crippen LogP contribution in [0, 0.1) is 19.8 Å². The molecule has 0 aliphatic heterocycles. The lowest BCUT2D eigenvalue weighted by molar-refractivity contribution is 0.397. The maximum absolute atomic E-state index is 3.56. The van der Waals surface area contributed by atoms with E-state index in [4.69, 9.17) is 0 Å². The summed E-state index contributed by atoms with van der Waals surface area (Å²) in [6.45, 7) is 4.46. The van der Waals surface area contributed by atoms with E-state index in [1.807, 2.05) is 11.3 Å². The zero-order valence-electron chi connectivity index (χ0n) is 11.9. The number of hydrogen-bond acceptors (Lipinski definition) is 2. The summed E-state index contributed by atoms with van der Waals surface area (Å²) in [5.41, 5.74) is 4.58. The number of hydrogen-bond donors (Lipinski definition) is 1. The standard InChI is InChI=1S/C17H21NS/c1-11-8-16(12(2)19-11)17(18-3)15-9-13-6-4-5-7-14(13)10-15/h4-8,15,17-18H,9-10H2,1-3H3. The molecule has 0 fully saturated rings. The van der Waals surface area contributed by atoms with E-state index in [9.17, 15) is 0 Å². The van der Waals surface area contributed by atoms with Gasteiger partial charge in [0.05, 0.1) is 0 Å². The molecular formula is C17H21NS. The highest BCUT2D eigenvalue weighted by atomic mass is 32.1. The average molecular weight is 271 g/mol. The Morgan fingerprint density at radius 3 is 2.26 bits per heavy atom. The SMILES string of the molecule is CNC(c1cc(C)sc1C)C1Cc2ccccc2C1. The van der Waals surface area contributed by atoms with Crippen LogP contribution >= 0.6 is 11.3 Å². The molecule has 19 heavy (non-hydrogen) atoms. The Bertz CT molecular complexity index is 560. The largest absolute Gasteiger partial charge is 0.313 e. The lowest BCUT2D eigenvalue weighted by atomic mass is 9.91. The monoisotopic (exact) mass is 271 g/mol. The van der Waals surface area contributed by atoms with Crippen LogP contribution in [0.4, 0.5) is 0 Å². The second-order valence-corrected chi connectivity index (χ2v) is 7.03. The summed E-state index contributed by atoms with van der Waals surface area (Å²) >= 11 is 1.92. The van der Waals surface area contributed by atoms with Crippen molar-refractivity contribution in [2.75, 3.05) is 7.05 Å². The fourth-order valence-corrected chi connectivity index (χ4v) is 4.41. The van der Waals surface area contributed by atoms with Crippen LogP contribution in [-0.4, -0.2) is 7.05 Å². The maximum atomic E-state index is 3.56. The molecule has 100 valence electrons. The Hall–Kier alpha value is -1.12. The zero-order valence-corrected chi connectivity index (χ0v) is 12.7. The highest BCUT2D eigenvalue weighted by Gasteiger charge is 2.29. The summed E-state index contributed by atoms with van der Waals surface area (Å²) in [4.78, 5) is 2.89. The predicted octanol–water partition coefficient (Wildman–Crippen LogP) is 4.04. The normalized spacial score (nSPS) is 16.6. The number of fused-ring (bicyclic) bond motifs is 1. The van der Waals surface area contributed by atoms with Crippen LogP contribution in [0.25, 0.3) is 0 Å². The van der Waals surface area contributed by atoms with E-state index in [0.717, 1.165) is 0 Å². The third-order valence-electron chi connectivity index (χ3n) is 4.28. The van der Waals surface area contributed by atoms with E-state index < -0.39 is 0 Å². The van der Waals surface area contributed by atoms with Crippen LogP contribution in [0.2, 0.25) is 0 Å². The van der Waals surface area contributed by atoms with Crippen molar-refractivity contribution in [2.24, 2.45) is 5.92 Å². The maximum Gasteiger partial charge on any atom is 0.0363 e. The van der Waals surface area contributed by atoms with Crippen LogP contribution in [0.1, 0.15) is 32.5 Å². The summed E-state index contributed by atoms with van der Waals surface area (Å²) in [6, 6.07) is 11.7. The van der Waals surface area contributed by atoms with Crippen molar-refractivity contribution in [1.82, 2.24) is 5.32 Å². The van der Waals surface area contributed by atoms with Crippen LogP contribution in [-0.2, 0) is 12.8 Å². The molecule has 1 N–H and O–H groups in total. The van der Waals surface area contributed by atoms with Gasteiger partial charge in [-0.3, -0.25) is 0 Å². The number of nitrogens with one attached hydrogen (secondary N) is 1. The average Bonchev–Trinajstić information content (AvgIpc) is 2.94. The third kappa shape index (κ3) is 2.35. The second kappa shape index (κ2) is 5.10. The van der Waals surface area contributed by atoms with E-state index in [1.165, 1.54) is 39.3 Å². The molecule has 2 heteroatoms. The Kier molecular flexibility index (Phi) is 3.46. The van der Waals surface area contributed by atoms with Crippen LogP contribution in [0.5, 0.6) is 0 Å². The van der Waals surface area contributed by atoms with Gasteiger partial charge in [-0.1, -0.05) is 24.3 Å². The molecule has 1 heterocycles. The van der Waals surface area contributed by atoms with E-state index >= 15 is 0 Å². The van der Waals surface area contributed by atoms with Gasteiger partial charge in [0.2, 0.25) is 0 Å². The van der Waals surface area contributed by atoms with Crippen molar-refractivity contribution in [2.45, 2.75) is 32.7 Å². The van der Waals surface area contributed by atoms with Gasteiger partial charge in [-0.05, 0) is 62.4 Å². The molecule has 0 spiro atoms. The topological polar surface area (TPSA) is 12.0 Å². The molecule has 3 rings (SSSR count). The molecule has 1 aliphatic carbocycles. The van der Waals surface area contributed by atoms with Gasteiger partial charge < -0.3 is 5.32 Å². The van der Waals surface area contributed by atoms with Crippen molar-refractivity contribution < 1.29 is 0 Å². The third-order valence-corrected chi connectivity index (χ3v) is 5.26. The molecular weight excluding hydrogens is 250 g/mol. The fraction of sp³-hybridized carbons (Fsp3) is 0.412. The van der Waals surface area contributed by atoms with Crippen molar-refractivity contribution in [3.63, 3.8) is 0 Å². The number of benzene rings is 1. The first-order valence-corrected chi connectivity index (χ1v) is 7.81. The molecule has 0 bridgehead atoms. The van der Waals surface area contributed by atoms with Crippen LogP contribution in [0.15, 0.2) is 30.3 Å². The van der Waals surface area contributed by atoms with E-state index in [1.54, 1.807) is 0 Å². The molecule has 1 aromatic carbocycles. The molecule has 1 atom stereocenters. The highest BCUT2D eigenvalue weighted by Crippen LogP contribution is 2.38. The van der Waals surface area contributed by atoms with E-state index in [2.05, 4.69) is 56.5 Å². The van der Waals surface area contributed by atoms with Gasteiger partial charge in [0, 0.05) is 15.8 Å². The van der Waals surface area contributed by atoms with Gasteiger partial charge in [-0.15, -0.1) is 11.3 Å². The van der Waals surface area contributed by atoms with Crippen molar-refractivity contribution in [1.29, 1.82) is 0 Å². The number of aryl methyl sites for hydroxylation is 2. The molecule has 0 saturated carbocycles. The summed E-state index contributed by atoms with van der Waals surface area (Å²) in [7, 11) is 2.10. The summed E-state index contributed by atoms with van der Waals surface area (Å²) in [5.74, 6) is 0.690. The molecule has 1 nitrogen and oxygen atoms in total. The Morgan fingerprint density at radius 2 is 1.79 bits per heavy atom. The molecule has 1 aliphatic rings. The summed E-state index contributed by atoms with van der Waals surface area (Å²) < 4.78 is 0. The molecule has 0 amide bonds. The number of thiophene rings is 1. The van der Waals surface area contributed by atoms with Crippen LogP contribution < -0.4 is 5.32 Å². The molecule has 0 saturated heterocycles. The van der Waals surface area contributed by atoms with Gasteiger partial charge >= 0.3 is 0 Å². The number of rotatable bonds is 3. The lowest BCUT2D eigenvalue weighted by Crippen LogP contribution is -2.25. The van der Waals surface area contributed by atoms with Crippen LogP contribution in [0.3, 0.4) is 0 Å². The van der Waals surface area contributed by atoms with E-state index in [0.29, 0.717) is 12.0 Å². The first-order valence-electron chi connectivity index (χ1n) is 7.00. The van der Waals surface area contributed by atoms with Gasteiger partial charge in [0.25, 0.3) is 0 Å². The molecule has 1 aromatic heterocycles. The molecule has 1 unspecified atom stereocenters. The lowest BCUT2D eigenvalue weighted by Gasteiger charge is -2.23. The van der Waals surface area contributed by atoms with E-state index in [-0.39, 0.29) is 0 Å². The van der Waals surface area contributed by atoms with Gasteiger partial charge in [0.1, 0.15) is 0 Å².